The van der Waals surface area contributed by atoms with Gasteiger partial charge in [0.15, 0.2) is 11.6 Å². The van der Waals surface area contributed by atoms with Gasteiger partial charge in [-0.15, -0.1) is 10.2 Å². The molecule has 0 radical (unpaired) electrons. The number of ether oxygens (including phenoxy) is 2. The predicted octanol–water partition coefficient (Wildman–Crippen LogP) is 1.60. The summed E-state index contributed by atoms with van der Waals surface area (Å²) in [7, 11) is 0. The number of carbonyl (C=O) groups is 2. The largest absolute Gasteiger partial charge is 0.423 e. The number of anilines is 2. The van der Waals surface area contributed by atoms with Crippen LogP contribution in [0.1, 0.15) is 6.42 Å². The Morgan fingerprint density at radius 3 is 2.61 bits per heavy atom. The van der Waals surface area contributed by atoms with E-state index in [0.29, 0.717) is 49.2 Å². The normalized spacial score (nSPS) is 14.5. The number of azo groups is 1. The van der Waals surface area contributed by atoms with Crippen LogP contribution in [0.2, 0.25) is 0 Å². The minimum absolute atomic E-state index is 0.0936. The lowest BCUT2D eigenvalue weighted by molar-refractivity contribution is -0.136. The molecule has 0 aliphatic carbocycles. The minimum Gasteiger partial charge on any atom is -0.423 e. The Morgan fingerprint density at radius 2 is 1.87 bits per heavy atom. The second-order valence-electron chi connectivity index (χ2n) is 6.72. The fourth-order valence-electron chi connectivity index (χ4n) is 2.79. The van der Waals surface area contributed by atoms with Crippen molar-refractivity contribution in [3.8, 4) is 5.75 Å². The van der Waals surface area contributed by atoms with Gasteiger partial charge in [-0.05, 0) is 24.3 Å². The highest BCUT2D eigenvalue weighted by Gasteiger charge is 2.16. The minimum atomic E-state index is -0.386. The maximum absolute atomic E-state index is 12.3. The molecule has 0 bridgehead atoms. The first-order valence-electron chi connectivity index (χ1n) is 9.83. The number of nitrogen functional groups attached to an aromatic ring is 1. The monoisotopic (exact) mass is 427 g/mol. The summed E-state index contributed by atoms with van der Waals surface area (Å²) in [6.45, 7) is 2.98. The zero-order valence-corrected chi connectivity index (χ0v) is 17.0. The van der Waals surface area contributed by atoms with Crippen LogP contribution >= 0.6 is 0 Å². The molecular weight excluding hydrogens is 402 g/mol. The summed E-state index contributed by atoms with van der Waals surface area (Å²) in [6, 6.07) is 9.95. The van der Waals surface area contributed by atoms with Gasteiger partial charge in [-0.1, -0.05) is 12.1 Å². The molecular formula is C20H25N7O4. The first-order chi connectivity index (χ1) is 15.0. The molecule has 11 heteroatoms. The standard InChI is InChI=1S/C20H25N7O4/c21-8-7-18(28)23-17-6-5-15(20(22)24-17)26-25-14-3-1-2-4-16(14)31-19(29)13-27-9-11-30-12-10-27/h1-6H,7-13,21H2,(H3,22,23,24,28). The average molecular weight is 427 g/mol. The van der Waals surface area contributed by atoms with Gasteiger partial charge >= 0.3 is 5.97 Å². The van der Waals surface area contributed by atoms with Crippen LogP contribution in [0.25, 0.3) is 0 Å². The maximum atomic E-state index is 12.3. The summed E-state index contributed by atoms with van der Waals surface area (Å²) in [6.07, 6.45) is 0.185. The summed E-state index contributed by atoms with van der Waals surface area (Å²) in [4.78, 5) is 30.0. The molecule has 11 nitrogen and oxygen atoms in total. The van der Waals surface area contributed by atoms with Crippen molar-refractivity contribution in [1.29, 1.82) is 0 Å². The third-order valence-corrected chi connectivity index (χ3v) is 4.35. The van der Waals surface area contributed by atoms with Crippen LogP contribution < -0.4 is 21.5 Å². The second kappa shape index (κ2) is 11.1. The highest BCUT2D eigenvalue weighted by molar-refractivity contribution is 5.90. The molecule has 1 saturated heterocycles. The Hall–Kier alpha value is -3.41. The molecule has 1 fully saturated rings. The van der Waals surface area contributed by atoms with Gasteiger partial charge in [0.2, 0.25) is 5.91 Å². The number of hydrogen-bond donors (Lipinski definition) is 3. The molecule has 31 heavy (non-hydrogen) atoms. The third kappa shape index (κ3) is 6.81. The fourth-order valence-corrected chi connectivity index (χ4v) is 2.79. The van der Waals surface area contributed by atoms with Gasteiger partial charge in [-0.3, -0.25) is 14.5 Å². The van der Waals surface area contributed by atoms with Crippen molar-refractivity contribution >= 4 is 34.9 Å². The summed E-state index contributed by atoms with van der Waals surface area (Å²) in [5.41, 5.74) is 11.9. The zero-order valence-electron chi connectivity index (χ0n) is 17.0. The molecule has 1 aromatic heterocycles. The van der Waals surface area contributed by atoms with E-state index < -0.39 is 0 Å². The van der Waals surface area contributed by atoms with E-state index in [1.54, 1.807) is 36.4 Å². The molecule has 5 N–H and O–H groups in total. The van der Waals surface area contributed by atoms with Crippen LogP contribution in [-0.4, -0.2) is 61.2 Å². The van der Waals surface area contributed by atoms with Crippen molar-refractivity contribution in [3.05, 3.63) is 36.4 Å². The highest BCUT2D eigenvalue weighted by atomic mass is 16.5. The smallest absolute Gasteiger partial charge is 0.325 e. The maximum Gasteiger partial charge on any atom is 0.325 e. The highest BCUT2D eigenvalue weighted by Crippen LogP contribution is 2.30. The molecule has 1 aliphatic rings. The van der Waals surface area contributed by atoms with Gasteiger partial charge in [0.1, 0.15) is 17.2 Å². The van der Waals surface area contributed by atoms with E-state index in [9.17, 15) is 9.59 Å². The van der Waals surface area contributed by atoms with E-state index in [0.717, 1.165) is 0 Å². The van der Waals surface area contributed by atoms with Crippen molar-refractivity contribution in [2.75, 3.05) is 50.4 Å². The van der Waals surface area contributed by atoms with E-state index in [1.807, 2.05) is 4.90 Å². The lowest BCUT2D eigenvalue weighted by Gasteiger charge is -2.25. The van der Waals surface area contributed by atoms with Crippen molar-refractivity contribution < 1.29 is 19.1 Å². The van der Waals surface area contributed by atoms with E-state index in [2.05, 4.69) is 20.5 Å². The van der Waals surface area contributed by atoms with Gasteiger partial charge in [0.05, 0.1) is 19.8 Å². The van der Waals surface area contributed by atoms with Crippen LogP contribution in [0.5, 0.6) is 5.75 Å². The Labute approximate surface area is 179 Å². The number of amides is 1. The second-order valence-corrected chi connectivity index (χ2v) is 6.72. The van der Waals surface area contributed by atoms with Crippen molar-refractivity contribution in [2.45, 2.75) is 6.42 Å². The number of nitrogens with zero attached hydrogens (tertiary/aromatic N) is 4. The lowest BCUT2D eigenvalue weighted by Crippen LogP contribution is -2.40. The molecule has 164 valence electrons. The number of nitrogens with two attached hydrogens (primary N) is 2. The number of nitrogens with one attached hydrogen (secondary N) is 1. The fraction of sp³-hybridized carbons (Fsp3) is 0.350. The topological polar surface area (TPSA) is 158 Å². The SMILES string of the molecule is NCCC(=O)Nc1ccc(N=Nc2ccccc2OC(=O)CN2CCOCC2)c(N)n1. The average Bonchev–Trinajstić information content (AvgIpc) is 2.75. The molecule has 0 saturated carbocycles. The number of esters is 1. The molecule has 1 amide bonds. The number of morpholine rings is 1. The van der Waals surface area contributed by atoms with Crippen LogP contribution in [0.3, 0.4) is 0 Å². The number of para-hydroxylation sites is 1. The van der Waals surface area contributed by atoms with E-state index in [4.69, 9.17) is 20.9 Å². The molecule has 0 atom stereocenters. The Bertz CT molecular complexity index is 945. The van der Waals surface area contributed by atoms with Crippen LogP contribution in [0.15, 0.2) is 46.6 Å². The van der Waals surface area contributed by atoms with Crippen molar-refractivity contribution in [3.63, 3.8) is 0 Å². The molecule has 2 heterocycles. The number of aromatic nitrogens is 1. The lowest BCUT2D eigenvalue weighted by atomic mass is 10.3. The van der Waals surface area contributed by atoms with E-state index in [1.165, 1.54) is 0 Å². The predicted molar refractivity (Wildman–Crippen MR) is 114 cm³/mol. The van der Waals surface area contributed by atoms with Crippen molar-refractivity contribution in [2.24, 2.45) is 16.0 Å². The summed E-state index contributed by atoms with van der Waals surface area (Å²) in [5.74, 6) is 0.0463. The quantitative estimate of drug-likeness (QED) is 0.326. The number of rotatable bonds is 8. The Kier molecular flexibility index (Phi) is 7.98. The summed E-state index contributed by atoms with van der Waals surface area (Å²) < 4.78 is 10.8. The Balaban J connectivity index is 1.65. The van der Waals surface area contributed by atoms with Crippen LogP contribution in [0, 0.1) is 0 Å². The van der Waals surface area contributed by atoms with Gasteiger partial charge in [0.25, 0.3) is 0 Å². The number of hydrogen-bond acceptors (Lipinski definition) is 10. The van der Waals surface area contributed by atoms with Crippen LogP contribution in [-0.2, 0) is 14.3 Å². The molecule has 1 aromatic carbocycles. The first-order valence-corrected chi connectivity index (χ1v) is 9.83. The van der Waals surface area contributed by atoms with E-state index in [-0.39, 0.29) is 37.2 Å². The molecule has 0 spiro atoms. The van der Waals surface area contributed by atoms with Gasteiger partial charge in [0, 0.05) is 26.1 Å². The van der Waals surface area contributed by atoms with Crippen molar-refractivity contribution in [1.82, 2.24) is 9.88 Å². The zero-order chi connectivity index (χ0) is 22.1. The van der Waals surface area contributed by atoms with Gasteiger partial charge in [-0.2, -0.15) is 0 Å². The summed E-state index contributed by atoms with van der Waals surface area (Å²) >= 11 is 0. The van der Waals surface area contributed by atoms with Gasteiger partial charge < -0.3 is 26.3 Å². The summed E-state index contributed by atoms with van der Waals surface area (Å²) in [5, 5.41) is 10.8. The number of benzene rings is 1. The number of pyridine rings is 1. The third-order valence-electron chi connectivity index (χ3n) is 4.35. The van der Waals surface area contributed by atoms with E-state index >= 15 is 0 Å². The Morgan fingerprint density at radius 1 is 1.13 bits per heavy atom. The molecule has 2 aromatic rings. The molecule has 1 aliphatic heterocycles. The molecule has 3 rings (SSSR count). The first kappa shape index (κ1) is 22.3. The van der Waals surface area contributed by atoms with Crippen LogP contribution in [0.4, 0.5) is 23.0 Å². The van der Waals surface area contributed by atoms with Gasteiger partial charge in [-0.25, -0.2) is 4.98 Å². The molecule has 0 unspecified atom stereocenters. The number of carbonyl (C=O) groups excluding carboxylic acids is 2.